The molecule has 0 aromatic carbocycles. The summed E-state index contributed by atoms with van der Waals surface area (Å²) in [5.74, 6) is 0.881. The standard InChI is InChI=1S/C18H26N4O2/c1-12(2)17(15-8-7-9-19-10-15)21(5)16(23)11-24-18-13(3)20-22(6)14(18)4/h7-10,12,17H,11H2,1-6H3/t17-/m1/s1. The van der Waals surface area contributed by atoms with Crippen LogP contribution in [0.1, 0.15) is 36.8 Å². The Morgan fingerprint density at radius 2 is 2.08 bits per heavy atom. The first-order valence-electron chi connectivity index (χ1n) is 8.11. The van der Waals surface area contributed by atoms with Crippen LogP contribution >= 0.6 is 0 Å². The first-order chi connectivity index (χ1) is 11.3. The third-order valence-corrected chi connectivity index (χ3v) is 4.25. The lowest BCUT2D eigenvalue weighted by molar-refractivity contribution is -0.135. The summed E-state index contributed by atoms with van der Waals surface area (Å²) < 4.78 is 7.50. The molecular weight excluding hydrogens is 304 g/mol. The summed E-state index contributed by atoms with van der Waals surface area (Å²) in [5, 5.41) is 4.30. The lowest BCUT2D eigenvalue weighted by atomic mass is 9.96. The van der Waals surface area contributed by atoms with Crippen molar-refractivity contribution in [3.63, 3.8) is 0 Å². The molecule has 0 bridgehead atoms. The van der Waals surface area contributed by atoms with Crippen LogP contribution in [0.3, 0.4) is 0 Å². The van der Waals surface area contributed by atoms with Crippen LogP contribution in [0.5, 0.6) is 5.75 Å². The van der Waals surface area contributed by atoms with Crippen LogP contribution in [-0.2, 0) is 11.8 Å². The van der Waals surface area contributed by atoms with Crippen LogP contribution < -0.4 is 4.74 Å². The van der Waals surface area contributed by atoms with Gasteiger partial charge in [-0.1, -0.05) is 19.9 Å². The van der Waals surface area contributed by atoms with Gasteiger partial charge in [0.25, 0.3) is 5.91 Å². The van der Waals surface area contributed by atoms with Gasteiger partial charge in [-0.05, 0) is 31.4 Å². The third kappa shape index (κ3) is 3.75. The molecule has 1 amide bonds. The monoisotopic (exact) mass is 330 g/mol. The number of nitrogens with zero attached hydrogens (tertiary/aromatic N) is 4. The van der Waals surface area contributed by atoms with Gasteiger partial charge in [0.1, 0.15) is 5.69 Å². The van der Waals surface area contributed by atoms with Gasteiger partial charge in [0.15, 0.2) is 12.4 Å². The maximum atomic E-state index is 12.6. The normalized spacial score (nSPS) is 12.3. The molecule has 0 aliphatic heterocycles. The van der Waals surface area contributed by atoms with E-state index < -0.39 is 0 Å². The smallest absolute Gasteiger partial charge is 0.260 e. The molecular formula is C18H26N4O2. The number of carbonyl (C=O) groups is 1. The van der Waals surface area contributed by atoms with Gasteiger partial charge in [-0.15, -0.1) is 0 Å². The number of carbonyl (C=O) groups excluding carboxylic acids is 1. The van der Waals surface area contributed by atoms with Gasteiger partial charge >= 0.3 is 0 Å². The number of rotatable bonds is 6. The molecule has 0 spiro atoms. The van der Waals surface area contributed by atoms with Gasteiger partial charge in [0, 0.05) is 26.5 Å². The fraction of sp³-hybridized carbons (Fsp3) is 0.500. The maximum absolute atomic E-state index is 12.6. The van der Waals surface area contributed by atoms with Crippen LogP contribution in [0.15, 0.2) is 24.5 Å². The Morgan fingerprint density at radius 1 is 1.38 bits per heavy atom. The molecule has 2 rings (SSSR count). The number of hydrogen-bond acceptors (Lipinski definition) is 4. The number of pyridine rings is 1. The first-order valence-corrected chi connectivity index (χ1v) is 8.11. The zero-order valence-electron chi connectivity index (χ0n) is 15.3. The molecule has 0 fully saturated rings. The van der Waals surface area contributed by atoms with E-state index in [0.717, 1.165) is 17.0 Å². The molecule has 24 heavy (non-hydrogen) atoms. The fourth-order valence-electron chi connectivity index (χ4n) is 2.96. The lowest BCUT2D eigenvalue weighted by Crippen LogP contribution is -2.37. The van der Waals surface area contributed by atoms with Crippen molar-refractivity contribution in [1.29, 1.82) is 0 Å². The lowest BCUT2D eigenvalue weighted by Gasteiger charge is -2.31. The van der Waals surface area contributed by atoms with E-state index in [4.69, 9.17) is 4.74 Å². The van der Waals surface area contributed by atoms with Crippen LogP contribution in [0, 0.1) is 19.8 Å². The first kappa shape index (κ1) is 18.0. The molecule has 0 unspecified atom stereocenters. The van der Waals surface area contributed by atoms with Crippen LogP contribution in [0.4, 0.5) is 0 Å². The van der Waals surface area contributed by atoms with Crippen molar-refractivity contribution in [2.24, 2.45) is 13.0 Å². The van der Waals surface area contributed by atoms with E-state index in [1.807, 2.05) is 46.3 Å². The summed E-state index contributed by atoms with van der Waals surface area (Å²) in [6.45, 7) is 7.99. The van der Waals surface area contributed by atoms with Crippen LogP contribution in [0.25, 0.3) is 0 Å². The van der Waals surface area contributed by atoms with Crippen molar-refractivity contribution < 1.29 is 9.53 Å². The van der Waals surface area contributed by atoms with Gasteiger partial charge in [-0.25, -0.2) is 0 Å². The minimum atomic E-state index is -0.0693. The predicted octanol–water partition coefficient (Wildman–Crippen LogP) is 2.67. The summed E-state index contributed by atoms with van der Waals surface area (Å²) >= 11 is 0. The Bertz CT molecular complexity index is 695. The maximum Gasteiger partial charge on any atom is 0.260 e. The Morgan fingerprint density at radius 3 is 2.58 bits per heavy atom. The average Bonchev–Trinajstić information content (AvgIpc) is 2.78. The molecule has 6 heteroatoms. The second-order valence-electron chi connectivity index (χ2n) is 6.39. The third-order valence-electron chi connectivity index (χ3n) is 4.25. The molecule has 2 aromatic rings. The summed E-state index contributed by atoms with van der Waals surface area (Å²) in [4.78, 5) is 18.5. The Balaban J connectivity index is 2.10. The topological polar surface area (TPSA) is 60.3 Å². The zero-order valence-corrected chi connectivity index (χ0v) is 15.3. The molecule has 0 aliphatic rings. The predicted molar refractivity (Wildman–Crippen MR) is 92.8 cm³/mol. The van der Waals surface area contributed by atoms with E-state index in [-0.39, 0.29) is 24.5 Å². The van der Waals surface area contributed by atoms with Crippen molar-refractivity contribution in [2.75, 3.05) is 13.7 Å². The highest BCUT2D eigenvalue weighted by molar-refractivity contribution is 5.78. The molecule has 1 atom stereocenters. The Labute approximate surface area is 143 Å². The molecule has 6 nitrogen and oxygen atoms in total. The highest BCUT2D eigenvalue weighted by Crippen LogP contribution is 2.27. The van der Waals surface area contributed by atoms with Crippen molar-refractivity contribution in [3.05, 3.63) is 41.5 Å². The van der Waals surface area contributed by atoms with Gasteiger partial charge in [0.2, 0.25) is 0 Å². The van der Waals surface area contributed by atoms with Gasteiger partial charge in [0.05, 0.1) is 11.7 Å². The van der Waals surface area contributed by atoms with Crippen LogP contribution in [-0.4, -0.2) is 39.2 Å². The van der Waals surface area contributed by atoms with E-state index >= 15 is 0 Å². The van der Waals surface area contributed by atoms with Gasteiger partial charge in [-0.3, -0.25) is 14.5 Å². The number of aryl methyl sites for hydroxylation is 2. The van der Waals surface area contributed by atoms with E-state index in [0.29, 0.717) is 5.75 Å². The molecule has 0 saturated carbocycles. The van der Waals surface area contributed by atoms with Gasteiger partial charge < -0.3 is 9.64 Å². The summed E-state index contributed by atoms with van der Waals surface area (Å²) in [6, 6.07) is 3.85. The largest absolute Gasteiger partial charge is 0.480 e. The van der Waals surface area contributed by atoms with Crippen molar-refractivity contribution >= 4 is 5.91 Å². The molecule has 0 N–H and O–H groups in total. The Hall–Kier alpha value is -2.37. The highest BCUT2D eigenvalue weighted by atomic mass is 16.5. The fourth-order valence-corrected chi connectivity index (χ4v) is 2.96. The van der Waals surface area contributed by atoms with E-state index in [1.165, 1.54) is 0 Å². The van der Waals surface area contributed by atoms with Crippen molar-refractivity contribution in [2.45, 2.75) is 33.7 Å². The number of hydrogen-bond donors (Lipinski definition) is 0. The second kappa shape index (κ2) is 7.47. The highest BCUT2D eigenvalue weighted by Gasteiger charge is 2.25. The minimum Gasteiger partial charge on any atom is -0.480 e. The summed E-state index contributed by atoms with van der Waals surface area (Å²) in [7, 11) is 3.67. The average molecular weight is 330 g/mol. The molecule has 2 heterocycles. The van der Waals surface area contributed by atoms with Crippen LogP contribution in [0.2, 0.25) is 0 Å². The van der Waals surface area contributed by atoms with E-state index in [9.17, 15) is 4.79 Å². The molecule has 130 valence electrons. The van der Waals surface area contributed by atoms with E-state index in [2.05, 4.69) is 23.9 Å². The number of ether oxygens (including phenoxy) is 1. The number of amides is 1. The van der Waals surface area contributed by atoms with Crippen molar-refractivity contribution in [1.82, 2.24) is 19.7 Å². The minimum absolute atomic E-state index is 0.00659. The molecule has 2 aromatic heterocycles. The summed E-state index contributed by atoms with van der Waals surface area (Å²) in [6.07, 6.45) is 3.55. The van der Waals surface area contributed by atoms with Gasteiger partial charge in [-0.2, -0.15) is 5.10 Å². The second-order valence-corrected chi connectivity index (χ2v) is 6.39. The van der Waals surface area contributed by atoms with Crippen molar-refractivity contribution in [3.8, 4) is 5.75 Å². The zero-order chi connectivity index (χ0) is 17.9. The molecule has 0 radical (unpaired) electrons. The molecule has 0 aliphatic carbocycles. The number of aromatic nitrogens is 3. The quantitative estimate of drug-likeness (QED) is 0.817. The number of likely N-dealkylation sites (N-methyl/N-ethyl adjacent to an activating group) is 1. The Kier molecular flexibility index (Phi) is 5.59. The SMILES string of the molecule is Cc1nn(C)c(C)c1OCC(=O)N(C)[C@@H](c1cccnc1)C(C)C. The van der Waals surface area contributed by atoms with E-state index in [1.54, 1.807) is 15.8 Å². The molecule has 0 saturated heterocycles. The summed E-state index contributed by atoms with van der Waals surface area (Å²) in [5.41, 5.74) is 2.73.